The molecule has 2 rings (SSSR count). The fraction of sp³-hybridized carbons (Fsp3) is 0.368. The van der Waals surface area contributed by atoms with Crippen LogP contribution < -0.4 is 10.6 Å². The van der Waals surface area contributed by atoms with Crippen LogP contribution in [0.5, 0.6) is 0 Å². The number of carbonyl (C=O) groups is 2. The molecular formula is C19H23Cl2N3O2S. The maximum atomic E-state index is 12.3. The lowest BCUT2D eigenvalue weighted by atomic mass is 10.3. The average molecular weight is 428 g/mol. The van der Waals surface area contributed by atoms with Crippen LogP contribution in [0.25, 0.3) is 0 Å². The van der Waals surface area contributed by atoms with Gasteiger partial charge in [0, 0.05) is 16.4 Å². The molecule has 0 radical (unpaired) electrons. The third-order valence-electron chi connectivity index (χ3n) is 3.75. The quantitative estimate of drug-likeness (QED) is 0.600. The summed E-state index contributed by atoms with van der Waals surface area (Å²) in [6, 6.07) is 8.93. The zero-order valence-electron chi connectivity index (χ0n) is 15.1. The first-order valence-corrected chi connectivity index (χ1v) is 10.4. The minimum absolute atomic E-state index is 0.0858. The van der Waals surface area contributed by atoms with Gasteiger partial charge in [0.25, 0.3) is 0 Å². The van der Waals surface area contributed by atoms with Gasteiger partial charge in [-0.05, 0) is 49.0 Å². The Balaban J connectivity index is 1.80. The predicted octanol–water partition coefficient (Wildman–Crippen LogP) is 4.06. The Bertz CT molecular complexity index is 753. The highest BCUT2D eigenvalue weighted by atomic mass is 35.5. The fourth-order valence-electron chi connectivity index (χ4n) is 2.55. The molecule has 0 aliphatic carbocycles. The SMILES string of the molecule is CCCN(CC(=O)NCCc1cccs1)CC(=O)Nc1ccc(Cl)cc1Cl. The van der Waals surface area contributed by atoms with E-state index in [1.807, 2.05) is 29.3 Å². The Kier molecular flexibility index (Phi) is 9.07. The summed E-state index contributed by atoms with van der Waals surface area (Å²) in [5.74, 6) is -0.309. The van der Waals surface area contributed by atoms with Gasteiger partial charge in [0.05, 0.1) is 23.8 Å². The lowest BCUT2D eigenvalue weighted by Crippen LogP contribution is -2.42. The molecule has 8 heteroatoms. The van der Waals surface area contributed by atoms with Crippen molar-refractivity contribution in [2.24, 2.45) is 0 Å². The maximum Gasteiger partial charge on any atom is 0.238 e. The number of benzene rings is 1. The van der Waals surface area contributed by atoms with Gasteiger partial charge in [-0.15, -0.1) is 11.3 Å². The normalized spacial score (nSPS) is 10.8. The van der Waals surface area contributed by atoms with Crippen LogP contribution in [0.1, 0.15) is 18.2 Å². The summed E-state index contributed by atoms with van der Waals surface area (Å²) in [5.41, 5.74) is 0.503. The van der Waals surface area contributed by atoms with E-state index >= 15 is 0 Å². The molecule has 0 spiro atoms. The van der Waals surface area contributed by atoms with Gasteiger partial charge in [-0.3, -0.25) is 14.5 Å². The van der Waals surface area contributed by atoms with Crippen molar-refractivity contribution in [3.05, 3.63) is 50.6 Å². The van der Waals surface area contributed by atoms with Crippen molar-refractivity contribution < 1.29 is 9.59 Å². The lowest BCUT2D eigenvalue weighted by molar-refractivity contribution is -0.123. The monoisotopic (exact) mass is 427 g/mol. The lowest BCUT2D eigenvalue weighted by Gasteiger charge is -2.20. The highest BCUT2D eigenvalue weighted by Gasteiger charge is 2.15. The highest BCUT2D eigenvalue weighted by molar-refractivity contribution is 7.09. The molecule has 1 aromatic carbocycles. The first-order chi connectivity index (χ1) is 13.0. The number of rotatable bonds is 10. The Morgan fingerprint density at radius 1 is 1.15 bits per heavy atom. The molecule has 0 unspecified atom stereocenters. The number of thiophene rings is 1. The zero-order valence-corrected chi connectivity index (χ0v) is 17.5. The molecule has 5 nitrogen and oxygen atoms in total. The summed E-state index contributed by atoms with van der Waals surface area (Å²) in [6.45, 7) is 3.55. The molecule has 0 saturated carbocycles. The van der Waals surface area contributed by atoms with Crippen molar-refractivity contribution >= 4 is 52.0 Å². The molecule has 0 aliphatic rings. The van der Waals surface area contributed by atoms with Crippen LogP contribution in [-0.2, 0) is 16.0 Å². The van der Waals surface area contributed by atoms with Crippen LogP contribution in [-0.4, -0.2) is 42.9 Å². The molecule has 0 atom stereocenters. The minimum atomic E-state index is -0.223. The smallest absolute Gasteiger partial charge is 0.238 e. The maximum absolute atomic E-state index is 12.3. The number of anilines is 1. The van der Waals surface area contributed by atoms with Crippen molar-refractivity contribution in [2.45, 2.75) is 19.8 Å². The Morgan fingerprint density at radius 3 is 2.59 bits per heavy atom. The molecular weight excluding hydrogens is 405 g/mol. The molecule has 0 fully saturated rings. The molecule has 0 aliphatic heterocycles. The Labute approximate surface area is 173 Å². The van der Waals surface area contributed by atoms with E-state index in [1.54, 1.807) is 29.5 Å². The van der Waals surface area contributed by atoms with Gasteiger partial charge < -0.3 is 10.6 Å². The third-order valence-corrected chi connectivity index (χ3v) is 5.24. The minimum Gasteiger partial charge on any atom is -0.355 e. The number of hydrogen-bond acceptors (Lipinski definition) is 4. The highest BCUT2D eigenvalue weighted by Crippen LogP contribution is 2.25. The summed E-state index contributed by atoms with van der Waals surface area (Å²) >= 11 is 13.6. The number of carbonyl (C=O) groups excluding carboxylic acids is 2. The van der Waals surface area contributed by atoms with Gasteiger partial charge in [-0.1, -0.05) is 36.2 Å². The summed E-state index contributed by atoms with van der Waals surface area (Å²) in [4.78, 5) is 27.5. The first kappa shape index (κ1) is 21.7. The zero-order chi connectivity index (χ0) is 19.6. The van der Waals surface area contributed by atoms with Gasteiger partial charge in [0.15, 0.2) is 0 Å². The molecule has 1 heterocycles. The van der Waals surface area contributed by atoms with E-state index in [2.05, 4.69) is 10.6 Å². The van der Waals surface area contributed by atoms with Gasteiger partial charge in [-0.25, -0.2) is 0 Å². The number of nitrogens with one attached hydrogen (secondary N) is 2. The van der Waals surface area contributed by atoms with E-state index in [0.717, 1.165) is 12.8 Å². The second-order valence-corrected chi connectivity index (χ2v) is 7.94. The van der Waals surface area contributed by atoms with Crippen molar-refractivity contribution in [1.82, 2.24) is 10.2 Å². The van der Waals surface area contributed by atoms with Gasteiger partial charge in [0.1, 0.15) is 0 Å². The van der Waals surface area contributed by atoms with E-state index in [0.29, 0.717) is 28.8 Å². The standard InChI is InChI=1S/C19H23Cl2N3O2S/c1-2-9-24(12-18(25)22-8-7-15-4-3-10-27-15)13-19(26)23-17-6-5-14(20)11-16(17)21/h3-6,10-11H,2,7-9,12-13H2,1H3,(H,22,25)(H,23,26). The number of halogens is 2. The van der Waals surface area contributed by atoms with Crippen molar-refractivity contribution in [2.75, 3.05) is 31.5 Å². The summed E-state index contributed by atoms with van der Waals surface area (Å²) in [7, 11) is 0. The molecule has 146 valence electrons. The van der Waals surface area contributed by atoms with Gasteiger partial charge >= 0.3 is 0 Å². The summed E-state index contributed by atoms with van der Waals surface area (Å²) in [5, 5.41) is 8.57. The molecule has 2 amide bonds. The molecule has 27 heavy (non-hydrogen) atoms. The molecule has 2 N–H and O–H groups in total. The molecule has 1 aromatic heterocycles. The molecule has 2 aromatic rings. The van der Waals surface area contributed by atoms with E-state index < -0.39 is 0 Å². The topological polar surface area (TPSA) is 61.4 Å². The summed E-state index contributed by atoms with van der Waals surface area (Å²) < 4.78 is 0. The van der Waals surface area contributed by atoms with Gasteiger partial charge in [-0.2, -0.15) is 0 Å². The Hall–Kier alpha value is -1.60. The average Bonchev–Trinajstić information content (AvgIpc) is 3.11. The van der Waals surface area contributed by atoms with Crippen LogP contribution in [0.15, 0.2) is 35.7 Å². The second kappa shape index (κ2) is 11.3. The predicted molar refractivity (Wildman–Crippen MR) is 113 cm³/mol. The van der Waals surface area contributed by atoms with Crippen molar-refractivity contribution in [3.8, 4) is 0 Å². The molecule has 0 saturated heterocycles. The van der Waals surface area contributed by atoms with Crippen molar-refractivity contribution in [1.29, 1.82) is 0 Å². The summed E-state index contributed by atoms with van der Waals surface area (Å²) in [6.07, 6.45) is 1.66. The fourth-order valence-corrected chi connectivity index (χ4v) is 3.72. The molecule has 0 bridgehead atoms. The van der Waals surface area contributed by atoms with E-state index in [1.165, 1.54) is 4.88 Å². The number of amides is 2. The van der Waals surface area contributed by atoms with Crippen LogP contribution in [0.4, 0.5) is 5.69 Å². The third kappa shape index (κ3) is 7.89. The first-order valence-electron chi connectivity index (χ1n) is 8.74. The van der Waals surface area contributed by atoms with Crippen LogP contribution in [0.2, 0.25) is 10.0 Å². The van der Waals surface area contributed by atoms with E-state index in [4.69, 9.17) is 23.2 Å². The van der Waals surface area contributed by atoms with Crippen LogP contribution in [0.3, 0.4) is 0 Å². The van der Waals surface area contributed by atoms with Gasteiger partial charge in [0.2, 0.25) is 11.8 Å². The van der Waals surface area contributed by atoms with Crippen LogP contribution >= 0.6 is 34.5 Å². The van der Waals surface area contributed by atoms with Crippen molar-refractivity contribution in [3.63, 3.8) is 0 Å². The number of nitrogens with zero attached hydrogens (tertiary/aromatic N) is 1. The number of hydrogen-bond donors (Lipinski definition) is 2. The van der Waals surface area contributed by atoms with E-state index in [-0.39, 0.29) is 24.9 Å². The van der Waals surface area contributed by atoms with Crippen LogP contribution in [0, 0.1) is 0 Å². The second-order valence-electron chi connectivity index (χ2n) is 6.06. The largest absolute Gasteiger partial charge is 0.355 e. The Morgan fingerprint density at radius 2 is 1.93 bits per heavy atom. The van der Waals surface area contributed by atoms with E-state index in [9.17, 15) is 9.59 Å².